The summed E-state index contributed by atoms with van der Waals surface area (Å²) in [5.41, 5.74) is 27.1. The highest BCUT2D eigenvalue weighted by Gasteiger charge is 2.42. The largest absolute Gasteiger partial charge is 0.481 e. The van der Waals surface area contributed by atoms with E-state index in [0.29, 0.717) is 60.7 Å². The van der Waals surface area contributed by atoms with Gasteiger partial charge in [0.2, 0.25) is 76.8 Å². The number of primary amides is 2. The lowest BCUT2D eigenvalue weighted by atomic mass is 10.00. The minimum absolute atomic E-state index is 0.0426. The number of carbonyl (C=O) groups is 15. The molecule has 0 bridgehead atoms. The highest BCUT2D eigenvalue weighted by atomic mass is 16.4. The second-order valence-electron chi connectivity index (χ2n) is 29.8. The number of nitrogens with two attached hydrogens (primary N) is 4. The van der Waals surface area contributed by atoms with Crippen LogP contribution in [0.1, 0.15) is 99.6 Å². The number of benzene rings is 4. The molecule has 27 N–H and O–H groups in total. The zero-order valence-corrected chi connectivity index (χ0v) is 66.4. The number of aliphatic hydroxyl groups is 1. The maximum Gasteiger partial charge on any atom is 0.328 e. The number of aromatic nitrogens is 5. The number of fused-ring (bicyclic) bond motifs is 3. The number of aromatic amines is 4. The molecule has 1 aliphatic rings. The van der Waals surface area contributed by atoms with Gasteiger partial charge < -0.3 is 122 Å². The lowest BCUT2D eigenvalue weighted by molar-refractivity contribution is -0.146. The highest BCUT2D eigenvalue weighted by molar-refractivity contribution is 6.02. The minimum Gasteiger partial charge on any atom is -0.481 e. The maximum absolute atomic E-state index is 15.5. The van der Waals surface area contributed by atoms with Crippen molar-refractivity contribution in [3.8, 4) is 0 Å². The van der Waals surface area contributed by atoms with Crippen molar-refractivity contribution < 1.29 is 87.2 Å². The molecule has 40 heteroatoms. The molecule has 1 aliphatic heterocycles. The van der Waals surface area contributed by atoms with Gasteiger partial charge >= 0.3 is 11.9 Å². The standard InChI is InChI=1S/C81H102N22O18/c1-42(2)68(84)78(118)101-61(34-47-39-87-41-92-47)75(115)99-60(33-46-38-91-53-21-11-8-18-50(46)53)74(114)100-62(35-67(107)108)76(116)96-57(30-43-14-4-3-5-15-43)71(111)93-54(22-12-28-88-81(85)86)69(109)94-55(24-26-65(82)105)70(110)97-59(32-45-37-90-52-20-10-7-17-49(45)52)73(113)98-58(31-44-36-89-51-19-9-6-16-48(44)51)72(112)95-56(25-27-66(83)106)79(119)103-29-13-23-64(103)77(117)102-63(40-104)80(120)121/h3-11,14-21,36-39,41-42,54-64,68,89-91,104H,12-13,22-35,40,84H2,1-2H3,(H2,82,105)(H2,83,106)(H,87,92)(H,93,111)(H,94,109)(H,95,112)(H,96,116)(H,97,110)(H,98,113)(H,99,115)(H,100,114)(H,101,118)(H,102,117)(H,107,108)(H,120,121)(H4,85,86,88)/t54-,55-,56-,57-,58-,59-,60-,61-,62-,63-,64-,68-/m0/s1. The molecule has 0 unspecified atom stereocenters. The van der Waals surface area contributed by atoms with Gasteiger partial charge in [-0.25, -0.2) is 9.78 Å². The van der Waals surface area contributed by atoms with Gasteiger partial charge in [0, 0.05) is 116 Å². The summed E-state index contributed by atoms with van der Waals surface area (Å²) in [5.74, 6) is -16.9. The van der Waals surface area contributed by atoms with Gasteiger partial charge in [-0.3, -0.25) is 72.5 Å². The van der Waals surface area contributed by atoms with Crippen molar-refractivity contribution in [1.82, 2.24) is 88.3 Å². The summed E-state index contributed by atoms with van der Waals surface area (Å²) < 4.78 is 0. The van der Waals surface area contributed by atoms with Gasteiger partial charge in [0.1, 0.15) is 66.5 Å². The summed E-state index contributed by atoms with van der Waals surface area (Å²) >= 11 is 0. The number of carboxylic acids is 2. The number of aliphatic hydroxyl groups excluding tert-OH is 1. The Labute approximate surface area is 692 Å². The quantitative estimate of drug-likeness (QED) is 0.0107. The van der Waals surface area contributed by atoms with E-state index in [1.807, 2.05) is 0 Å². The minimum atomic E-state index is -2.01. The number of hydrogen-bond acceptors (Lipinski definition) is 19. The Balaban J connectivity index is 1.00. The van der Waals surface area contributed by atoms with E-state index in [-0.39, 0.29) is 76.8 Å². The third kappa shape index (κ3) is 26.0. The van der Waals surface area contributed by atoms with Crippen LogP contribution in [0.15, 0.2) is 134 Å². The number of nitrogens with zero attached hydrogens (tertiary/aromatic N) is 2. The Hall–Kier alpha value is -14.1. The van der Waals surface area contributed by atoms with Crippen LogP contribution in [0, 0.1) is 11.3 Å². The molecule has 0 radical (unpaired) electrons. The molecule has 12 atom stereocenters. The number of likely N-dealkylation sites (tertiary alicyclic amines) is 1. The van der Waals surface area contributed by atoms with E-state index in [2.05, 4.69) is 83.4 Å². The zero-order chi connectivity index (χ0) is 87.6. The van der Waals surface area contributed by atoms with E-state index in [1.165, 1.54) is 12.5 Å². The summed E-state index contributed by atoms with van der Waals surface area (Å²) in [6.07, 6.45) is 2.84. The normalized spacial score (nSPS) is 15.3. The Morgan fingerprint density at radius 2 is 0.893 bits per heavy atom. The first-order valence-electron chi connectivity index (χ1n) is 39.3. The van der Waals surface area contributed by atoms with Crippen molar-refractivity contribution in [3.05, 3.63) is 162 Å². The third-order valence-electron chi connectivity index (χ3n) is 20.6. The average molecular weight is 1670 g/mol. The number of carboxylic acid groups (broad SMARTS) is 2. The first-order chi connectivity index (χ1) is 57.8. The number of nitrogens with one attached hydrogen (secondary N) is 16. The number of imidazole rings is 1. The lowest BCUT2D eigenvalue weighted by Crippen LogP contribution is -2.61. The van der Waals surface area contributed by atoms with E-state index in [0.717, 1.165) is 4.90 Å². The highest BCUT2D eigenvalue weighted by Crippen LogP contribution is 2.25. The molecule has 4 aromatic carbocycles. The smallest absolute Gasteiger partial charge is 0.328 e. The Bertz CT molecular complexity index is 5050. The van der Waals surface area contributed by atoms with E-state index in [9.17, 15) is 63.3 Å². The van der Waals surface area contributed by atoms with Gasteiger partial charge in [0.25, 0.3) is 0 Å². The van der Waals surface area contributed by atoms with Crippen LogP contribution in [0.4, 0.5) is 0 Å². The number of guanidine groups is 1. The molecule has 5 heterocycles. The molecule has 1 saturated heterocycles. The molecule has 0 spiro atoms. The topological polar surface area (TPSA) is 656 Å². The Morgan fingerprint density at radius 3 is 1.33 bits per heavy atom. The van der Waals surface area contributed by atoms with Gasteiger partial charge in [0.05, 0.1) is 31.1 Å². The predicted octanol–water partition coefficient (Wildman–Crippen LogP) is -2.46. The molecule has 0 saturated carbocycles. The molecule has 644 valence electrons. The summed E-state index contributed by atoms with van der Waals surface area (Å²) in [7, 11) is 0. The van der Waals surface area contributed by atoms with E-state index < -0.39 is 206 Å². The molecular formula is C81H102N22O18. The van der Waals surface area contributed by atoms with Crippen LogP contribution in [-0.2, 0) is 104 Å². The van der Waals surface area contributed by atoms with Crippen LogP contribution < -0.4 is 81.4 Å². The molecule has 1 fully saturated rings. The average Bonchev–Trinajstić information content (AvgIpc) is 1.71. The van der Waals surface area contributed by atoms with Crippen molar-refractivity contribution in [3.63, 3.8) is 0 Å². The molecule has 13 amide bonds. The lowest BCUT2D eigenvalue weighted by Gasteiger charge is -2.30. The molecule has 8 aromatic rings. The van der Waals surface area contributed by atoms with Crippen molar-refractivity contribution in [2.75, 3.05) is 19.7 Å². The molecule has 121 heavy (non-hydrogen) atoms. The molecule has 9 rings (SSSR count). The second kappa shape index (κ2) is 43.4. The summed E-state index contributed by atoms with van der Waals surface area (Å²) in [4.78, 5) is 230. The van der Waals surface area contributed by atoms with Gasteiger partial charge in [0.15, 0.2) is 5.96 Å². The first-order valence-corrected chi connectivity index (χ1v) is 39.3. The van der Waals surface area contributed by atoms with Crippen molar-refractivity contribution in [2.45, 2.75) is 176 Å². The number of amides is 13. The molecular weight excluding hydrogens is 1570 g/mol. The van der Waals surface area contributed by atoms with Crippen LogP contribution in [0.3, 0.4) is 0 Å². The molecule has 40 nitrogen and oxygen atoms in total. The van der Waals surface area contributed by atoms with Crippen LogP contribution in [0.5, 0.6) is 0 Å². The third-order valence-corrected chi connectivity index (χ3v) is 20.6. The Morgan fingerprint density at radius 1 is 0.488 bits per heavy atom. The monoisotopic (exact) mass is 1670 g/mol. The summed E-state index contributed by atoms with van der Waals surface area (Å²) in [6, 6.07) is 9.62. The molecule has 4 aromatic heterocycles. The fourth-order valence-electron chi connectivity index (χ4n) is 14.1. The number of para-hydroxylation sites is 3. The molecule has 0 aliphatic carbocycles. The van der Waals surface area contributed by atoms with E-state index >= 15 is 24.0 Å². The van der Waals surface area contributed by atoms with Crippen LogP contribution >= 0.6 is 0 Å². The van der Waals surface area contributed by atoms with Gasteiger partial charge in [-0.1, -0.05) is 98.8 Å². The number of carbonyl (C=O) groups excluding carboxylic acids is 13. The fraction of sp³-hybridized carbons (Fsp3) is 0.395. The van der Waals surface area contributed by atoms with Crippen molar-refractivity contribution in [1.29, 1.82) is 5.41 Å². The SMILES string of the molecule is CC(C)[C@H](N)C(=O)N[C@@H](Cc1c[nH]cn1)C(=O)N[C@@H](Cc1c[nH]c2ccccc12)C(=O)N[C@@H](CC(=O)O)C(=O)N[C@@H](Cc1ccccc1)C(=O)N[C@@H](CCCNC(=N)N)C(=O)N[C@@H](CCC(N)=O)C(=O)N[C@@H](Cc1c[nH]c2ccccc12)C(=O)N[C@@H](Cc1c[nH]c2ccccc12)C(=O)N[C@@H](CCC(N)=O)C(=O)N1CCC[C@H]1C(=O)N[C@@H](CO)C(=O)O. The van der Waals surface area contributed by atoms with E-state index in [4.69, 9.17) is 28.3 Å². The van der Waals surface area contributed by atoms with Crippen LogP contribution in [0.2, 0.25) is 0 Å². The number of aliphatic carboxylic acids is 2. The fourth-order valence-corrected chi connectivity index (χ4v) is 14.1. The zero-order valence-electron chi connectivity index (χ0n) is 66.4. The first kappa shape index (κ1) is 90.9. The number of hydrogen-bond donors (Lipinski definition) is 23. The maximum atomic E-state index is 15.5. The van der Waals surface area contributed by atoms with Gasteiger partial charge in [-0.15, -0.1) is 0 Å². The van der Waals surface area contributed by atoms with Gasteiger partial charge in [-0.05, 0) is 84.9 Å². The van der Waals surface area contributed by atoms with Crippen molar-refractivity contribution >= 4 is 127 Å². The Kier molecular flexibility index (Phi) is 32.6. The summed E-state index contributed by atoms with van der Waals surface area (Å²) in [5, 5.41) is 67.7. The predicted molar refractivity (Wildman–Crippen MR) is 438 cm³/mol. The van der Waals surface area contributed by atoms with E-state index in [1.54, 1.807) is 136 Å². The number of rotatable bonds is 46. The number of H-pyrrole nitrogens is 4. The van der Waals surface area contributed by atoms with Crippen LogP contribution in [-0.4, -0.2) is 232 Å². The van der Waals surface area contributed by atoms with Crippen molar-refractivity contribution in [2.24, 2.45) is 28.9 Å². The van der Waals surface area contributed by atoms with Crippen LogP contribution in [0.25, 0.3) is 32.7 Å². The van der Waals surface area contributed by atoms with Gasteiger partial charge in [-0.2, -0.15) is 0 Å². The second-order valence-corrected chi connectivity index (χ2v) is 29.8. The summed E-state index contributed by atoms with van der Waals surface area (Å²) in [6.45, 7) is 2.28.